The highest BCUT2D eigenvalue weighted by molar-refractivity contribution is 5.98. The molecular weight excluding hydrogens is 223 g/mol. The zero-order valence-corrected chi connectivity index (χ0v) is 8.92. The average molecular weight is 234 g/mol. The van der Waals surface area contributed by atoms with Crippen molar-refractivity contribution in [2.75, 3.05) is 0 Å². The zero-order valence-electron chi connectivity index (χ0n) is 8.92. The standard InChI is InChI=1S/C11H11FN4O/c12-9-3-2-8(7-16-5-1-4-14-16)10(6-9)11(13)15-17/h1-6,17H,7H2,(H2,13,15). The van der Waals surface area contributed by atoms with Gasteiger partial charge in [-0.3, -0.25) is 4.68 Å². The fraction of sp³-hybridized carbons (Fsp3) is 0.0909. The minimum atomic E-state index is -0.434. The number of nitrogens with two attached hydrogens (primary N) is 1. The molecule has 0 atom stereocenters. The number of oxime groups is 1. The van der Waals surface area contributed by atoms with Crippen molar-refractivity contribution in [2.24, 2.45) is 10.9 Å². The Hall–Kier alpha value is -2.37. The molecule has 1 aromatic carbocycles. The van der Waals surface area contributed by atoms with Crippen molar-refractivity contribution in [2.45, 2.75) is 6.54 Å². The molecule has 0 unspecified atom stereocenters. The first-order valence-electron chi connectivity index (χ1n) is 4.94. The molecule has 88 valence electrons. The van der Waals surface area contributed by atoms with Crippen LogP contribution >= 0.6 is 0 Å². The molecule has 0 fully saturated rings. The van der Waals surface area contributed by atoms with Crippen molar-refractivity contribution in [3.05, 3.63) is 53.6 Å². The lowest BCUT2D eigenvalue weighted by Gasteiger charge is -2.08. The van der Waals surface area contributed by atoms with Gasteiger partial charge < -0.3 is 10.9 Å². The molecule has 0 amide bonds. The summed E-state index contributed by atoms with van der Waals surface area (Å²) in [5, 5.41) is 15.6. The molecule has 1 heterocycles. The number of benzene rings is 1. The maximum atomic E-state index is 13.1. The number of hydrogen-bond donors (Lipinski definition) is 2. The zero-order chi connectivity index (χ0) is 12.3. The summed E-state index contributed by atoms with van der Waals surface area (Å²) in [6.45, 7) is 0.429. The summed E-state index contributed by atoms with van der Waals surface area (Å²) in [5.74, 6) is -0.553. The highest BCUT2D eigenvalue weighted by atomic mass is 19.1. The Bertz CT molecular complexity index is 536. The van der Waals surface area contributed by atoms with Gasteiger partial charge in [-0.25, -0.2) is 4.39 Å². The molecule has 0 saturated carbocycles. The third kappa shape index (κ3) is 2.41. The van der Waals surface area contributed by atoms with Crippen molar-refractivity contribution >= 4 is 5.84 Å². The van der Waals surface area contributed by atoms with Crippen LogP contribution in [0.15, 0.2) is 41.8 Å². The van der Waals surface area contributed by atoms with Crippen molar-refractivity contribution in [3.63, 3.8) is 0 Å². The van der Waals surface area contributed by atoms with Gasteiger partial charge >= 0.3 is 0 Å². The van der Waals surface area contributed by atoms with Gasteiger partial charge in [0.05, 0.1) is 6.54 Å². The van der Waals surface area contributed by atoms with Crippen molar-refractivity contribution in [3.8, 4) is 0 Å². The fourth-order valence-electron chi connectivity index (χ4n) is 1.55. The van der Waals surface area contributed by atoms with Gasteiger partial charge in [-0.1, -0.05) is 11.2 Å². The Morgan fingerprint density at radius 2 is 2.35 bits per heavy atom. The first-order chi connectivity index (χ1) is 8.20. The van der Waals surface area contributed by atoms with E-state index in [9.17, 15) is 4.39 Å². The SMILES string of the molecule is NC(=NO)c1cc(F)ccc1Cn1cccn1. The lowest BCUT2D eigenvalue weighted by atomic mass is 10.1. The minimum Gasteiger partial charge on any atom is -0.409 e. The van der Waals surface area contributed by atoms with Gasteiger partial charge in [0.1, 0.15) is 5.82 Å². The number of nitrogens with zero attached hydrogens (tertiary/aromatic N) is 3. The molecule has 2 rings (SSSR count). The van der Waals surface area contributed by atoms with Crippen LogP contribution < -0.4 is 5.73 Å². The van der Waals surface area contributed by atoms with Crippen molar-refractivity contribution in [1.29, 1.82) is 0 Å². The number of hydrogen-bond acceptors (Lipinski definition) is 3. The van der Waals surface area contributed by atoms with E-state index in [1.54, 1.807) is 29.2 Å². The van der Waals surface area contributed by atoms with E-state index in [2.05, 4.69) is 10.3 Å². The summed E-state index contributed by atoms with van der Waals surface area (Å²) in [5.41, 5.74) is 6.59. The van der Waals surface area contributed by atoms with Gasteiger partial charge in [0.15, 0.2) is 5.84 Å². The molecule has 6 heteroatoms. The van der Waals surface area contributed by atoms with Gasteiger partial charge in [0.25, 0.3) is 0 Å². The number of amidine groups is 1. The summed E-state index contributed by atoms with van der Waals surface area (Å²) >= 11 is 0. The lowest BCUT2D eigenvalue weighted by molar-refractivity contribution is 0.318. The predicted molar refractivity (Wildman–Crippen MR) is 60.2 cm³/mol. The highest BCUT2D eigenvalue weighted by Crippen LogP contribution is 2.12. The maximum absolute atomic E-state index is 13.1. The second kappa shape index (κ2) is 4.65. The number of aromatic nitrogens is 2. The molecule has 5 nitrogen and oxygen atoms in total. The van der Waals surface area contributed by atoms with E-state index >= 15 is 0 Å². The monoisotopic (exact) mass is 234 g/mol. The Labute approximate surface area is 97.0 Å². The normalized spacial score (nSPS) is 11.7. The first kappa shape index (κ1) is 11.1. The quantitative estimate of drug-likeness (QED) is 0.362. The fourth-order valence-corrected chi connectivity index (χ4v) is 1.55. The van der Waals surface area contributed by atoms with Crippen LogP contribution in [-0.4, -0.2) is 20.8 Å². The van der Waals surface area contributed by atoms with Crippen LogP contribution in [0.5, 0.6) is 0 Å². The van der Waals surface area contributed by atoms with Gasteiger partial charge in [0, 0.05) is 18.0 Å². The third-order valence-corrected chi connectivity index (χ3v) is 2.35. The van der Waals surface area contributed by atoms with Crippen LogP contribution in [0.4, 0.5) is 4.39 Å². The second-order valence-corrected chi connectivity index (χ2v) is 3.49. The second-order valence-electron chi connectivity index (χ2n) is 3.49. The molecule has 0 radical (unpaired) electrons. The van der Waals surface area contributed by atoms with Crippen LogP contribution in [0.3, 0.4) is 0 Å². The van der Waals surface area contributed by atoms with E-state index in [-0.39, 0.29) is 5.84 Å². The topological polar surface area (TPSA) is 76.4 Å². The highest BCUT2D eigenvalue weighted by Gasteiger charge is 2.09. The first-order valence-corrected chi connectivity index (χ1v) is 4.94. The van der Waals surface area contributed by atoms with E-state index in [4.69, 9.17) is 10.9 Å². The number of rotatable bonds is 3. The summed E-state index contributed by atoms with van der Waals surface area (Å²) in [6.07, 6.45) is 3.42. The third-order valence-electron chi connectivity index (χ3n) is 2.35. The van der Waals surface area contributed by atoms with Gasteiger partial charge in [-0.15, -0.1) is 0 Å². The van der Waals surface area contributed by atoms with E-state index in [0.29, 0.717) is 12.1 Å². The summed E-state index contributed by atoms with van der Waals surface area (Å²) in [6, 6.07) is 5.93. The molecule has 1 aromatic heterocycles. The molecule has 0 aliphatic rings. The Morgan fingerprint density at radius 3 is 3.00 bits per heavy atom. The minimum absolute atomic E-state index is 0.119. The molecule has 17 heavy (non-hydrogen) atoms. The van der Waals surface area contributed by atoms with E-state index in [1.807, 2.05) is 0 Å². The van der Waals surface area contributed by atoms with Gasteiger partial charge in [-0.2, -0.15) is 5.10 Å². The van der Waals surface area contributed by atoms with Crippen LogP contribution in [0, 0.1) is 5.82 Å². The van der Waals surface area contributed by atoms with Crippen LogP contribution in [0.1, 0.15) is 11.1 Å². The van der Waals surface area contributed by atoms with Crippen LogP contribution in [0.2, 0.25) is 0 Å². The molecule has 0 spiro atoms. The van der Waals surface area contributed by atoms with Crippen LogP contribution in [-0.2, 0) is 6.54 Å². The van der Waals surface area contributed by atoms with Crippen molar-refractivity contribution < 1.29 is 9.60 Å². The van der Waals surface area contributed by atoms with Gasteiger partial charge in [0.2, 0.25) is 0 Å². The molecule has 2 aromatic rings. The summed E-state index contributed by atoms with van der Waals surface area (Å²) in [4.78, 5) is 0. The molecule has 3 N–H and O–H groups in total. The largest absolute Gasteiger partial charge is 0.409 e. The molecular formula is C11H11FN4O. The molecule has 0 bridgehead atoms. The predicted octanol–water partition coefficient (Wildman–Crippen LogP) is 1.17. The van der Waals surface area contributed by atoms with Gasteiger partial charge in [-0.05, 0) is 23.8 Å². The van der Waals surface area contributed by atoms with E-state index in [0.717, 1.165) is 5.56 Å². The van der Waals surface area contributed by atoms with Crippen LogP contribution in [0.25, 0.3) is 0 Å². The summed E-state index contributed by atoms with van der Waals surface area (Å²) in [7, 11) is 0. The summed E-state index contributed by atoms with van der Waals surface area (Å²) < 4.78 is 14.8. The molecule has 0 saturated heterocycles. The average Bonchev–Trinajstić information content (AvgIpc) is 2.83. The maximum Gasteiger partial charge on any atom is 0.170 e. The van der Waals surface area contributed by atoms with Crippen molar-refractivity contribution in [1.82, 2.24) is 9.78 Å². The molecule has 0 aliphatic heterocycles. The smallest absolute Gasteiger partial charge is 0.170 e. The Morgan fingerprint density at radius 1 is 1.53 bits per heavy atom. The van der Waals surface area contributed by atoms with E-state index in [1.165, 1.54) is 12.1 Å². The Balaban J connectivity index is 2.39. The number of halogens is 1. The van der Waals surface area contributed by atoms with E-state index < -0.39 is 5.82 Å². The Kier molecular flexibility index (Phi) is 3.04. The molecule has 0 aliphatic carbocycles. The lowest BCUT2D eigenvalue weighted by Crippen LogP contribution is -2.17.